The number of aryl methyl sites for hydroxylation is 2. The van der Waals surface area contributed by atoms with Crippen LogP contribution in [0, 0.1) is 6.92 Å². The number of carbonyl (C=O) groups is 2. The van der Waals surface area contributed by atoms with E-state index in [4.69, 9.17) is 13.9 Å². The second-order valence-corrected chi connectivity index (χ2v) is 9.52. The Morgan fingerprint density at radius 2 is 2.08 bits per heavy atom. The average Bonchev–Trinajstić information content (AvgIpc) is 3.57. The number of halogens is 1. The molecule has 1 unspecified atom stereocenters. The van der Waals surface area contributed by atoms with E-state index in [-0.39, 0.29) is 18.5 Å². The number of methoxy groups -OCH3 is 1. The Labute approximate surface area is 216 Å². The summed E-state index contributed by atoms with van der Waals surface area (Å²) in [6, 6.07) is 9.01. The highest BCUT2D eigenvalue weighted by Crippen LogP contribution is 2.41. The van der Waals surface area contributed by atoms with Crippen LogP contribution in [0.4, 0.5) is 0 Å². The van der Waals surface area contributed by atoms with E-state index >= 15 is 0 Å². The van der Waals surface area contributed by atoms with E-state index in [0.717, 1.165) is 33.6 Å². The molecule has 0 radical (unpaired) electrons. The van der Waals surface area contributed by atoms with Crippen molar-refractivity contribution in [3.05, 3.63) is 69.0 Å². The molecule has 0 fully saturated rings. The van der Waals surface area contributed by atoms with E-state index in [1.807, 2.05) is 43.0 Å². The van der Waals surface area contributed by atoms with Crippen molar-refractivity contribution in [2.45, 2.75) is 46.4 Å². The van der Waals surface area contributed by atoms with Gasteiger partial charge >= 0.3 is 5.97 Å². The molecule has 1 aliphatic heterocycles. The number of carbonyl (C=O) groups excluding carboxylic acids is 2. The average molecular weight is 555 g/mol. The summed E-state index contributed by atoms with van der Waals surface area (Å²) >= 11 is 3.57. The fraction of sp³-hybridized carbons (Fsp3) is 0.346. The molecule has 1 atom stereocenters. The van der Waals surface area contributed by atoms with Crippen molar-refractivity contribution in [3.8, 4) is 5.75 Å². The van der Waals surface area contributed by atoms with Crippen LogP contribution in [-0.2, 0) is 29.1 Å². The van der Waals surface area contributed by atoms with Crippen LogP contribution in [0.15, 0.2) is 39.2 Å². The molecule has 4 aromatic rings. The molecular weight excluding hydrogens is 528 g/mol. The highest BCUT2D eigenvalue weighted by molar-refractivity contribution is 9.10. The molecular formula is C26H27BrN4O5. The molecule has 1 aromatic carbocycles. The molecule has 0 saturated heterocycles. The molecule has 9 nitrogen and oxygen atoms in total. The van der Waals surface area contributed by atoms with Gasteiger partial charge in [0.15, 0.2) is 0 Å². The van der Waals surface area contributed by atoms with Crippen LogP contribution in [0.5, 0.6) is 5.75 Å². The minimum absolute atomic E-state index is 0.0279. The third kappa shape index (κ3) is 4.09. The molecule has 4 heterocycles. The van der Waals surface area contributed by atoms with Crippen molar-refractivity contribution in [2.75, 3.05) is 13.7 Å². The first-order valence-electron chi connectivity index (χ1n) is 11.8. The van der Waals surface area contributed by atoms with Gasteiger partial charge < -0.3 is 23.8 Å². The second-order valence-electron chi connectivity index (χ2n) is 8.73. The van der Waals surface area contributed by atoms with Gasteiger partial charge in [0.05, 0.1) is 23.0 Å². The molecule has 0 bridgehead atoms. The van der Waals surface area contributed by atoms with Gasteiger partial charge in [0.1, 0.15) is 35.6 Å². The molecule has 10 heteroatoms. The number of hydrogen-bond acceptors (Lipinski definition) is 6. The Hall–Kier alpha value is -3.53. The van der Waals surface area contributed by atoms with Crippen LogP contribution in [0.1, 0.15) is 58.8 Å². The van der Waals surface area contributed by atoms with Crippen molar-refractivity contribution >= 4 is 38.7 Å². The van der Waals surface area contributed by atoms with Gasteiger partial charge in [-0.25, -0.2) is 0 Å². The first-order valence-corrected chi connectivity index (χ1v) is 12.6. The number of fused-ring (bicyclic) bond motifs is 3. The number of nitrogens with zero attached hydrogens (tertiary/aromatic N) is 3. The van der Waals surface area contributed by atoms with Crippen molar-refractivity contribution in [2.24, 2.45) is 0 Å². The lowest BCUT2D eigenvalue weighted by atomic mass is 9.95. The lowest BCUT2D eigenvalue weighted by Gasteiger charge is -2.35. The SMILES string of the molecule is CCn1nc(C)c(Br)c1C(=O)N1CCc2c([nH]c3ccc(OC)cc23)C1c1ccc(COC(C)=O)o1. The number of furan rings is 1. The van der Waals surface area contributed by atoms with Gasteiger partial charge in [-0.05, 0) is 72.1 Å². The lowest BCUT2D eigenvalue weighted by molar-refractivity contribution is -0.142. The fourth-order valence-electron chi connectivity index (χ4n) is 4.83. The highest BCUT2D eigenvalue weighted by Gasteiger charge is 2.39. The van der Waals surface area contributed by atoms with Crippen molar-refractivity contribution in [1.82, 2.24) is 19.7 Å². The van der Waals surface area contributed by atoms with Gasteiger partial charge in [-0.1, -0.05) is 0 Å². The zero-order valence-electron chi connectivity index (χ0n) is 20.6. The van der Waals surface area contributed by atoms with E-state index in [0.29, 0.717) is 41.2 Å². The number of benzene rings is 1. The number of nitrogens with one attached hydrogen (secondary N) is 1. The minimum atomic E-state index is -0.502. The summed E-state index contributed by atoms with van der Waals surface area (Å²) in [5, 5.41) is 5.57. The first kappa shape index (κ1) is 24.2. The first-order chi connectivity index (χ1) is 17.3. The van der Waals surface area contributed by atoms with Crippen LogP contribution < -0.4 is 4.74 Å². The number of aromatic nitrogens is 3. The minimum Gasteiger partial charge on any atom is -0.497 e. The number of amides is 1. The van der Waals surface area contributed by atoms with Gasteiger partial charge in [-0.15, -0.1) is 0 Å². The van der Waals surface area contributed by atoms with Crippen LogP contribution in [-0.4, -0.2) is 45.2 Å². The molecule has 1 aliphatic rings. The predicted molar refractivity (Wildman–Crippen MR) is 136 cm³/mol. The van der Waals surface area contributed by atoms with Crippen LogP contribution in [0.3, 0.4) is 0 Å². The predicted octanol–water partition coefficient (Wildman–Crippen LogP) is 4.91. The normalized spacial score (nSPS) is 15.2. The molecule has 0 spiro atoms. The summed E-state index contributed by atoms with van der Waals surface area (Å²) in [5.74, 6) is 1.33. The quantitative estimate of drug-likeness (QED) is 0.340. The Morgan fingerprint density at radius 1 is 1.28 bits per heavy atom. The van der Waals surface area contributed by atoms with Crippen molar-refractivity contribution in [3.63, 3.8) is 0 Å². The standard InChI is InChI=1S/C26H27BrN4O5/c1-5-31-25(22(27)14(2)29-31)26(33)30-11-10-18-19-12-16(34-4)6-8-20(19)28-23(18)24(30)21-9-7-17(36-21)13-35-15(3)32/h6-9,12,24,28H,5,10-11,13H2,1-4H3. The molecule has 0 aliphatic carbocycles. The number of aromatic amines is 1. The summed E-state index contributed by atoms with van der Waals surface area (Å²) in [5.41, 5.74) is 4.24. The maximum Gasteiger partial charge on any atom is 0.303 e. The zero-order valence-corrected chi connectivity index (χ0v) is 22.1. The Morgan fingerprint density at radius 3 is 2.81 bits per heavy atom. The Bertz CT molecular complexity index is 1470. The zero-order chi connectivity index (χ0) is 25.6. The van der Waals surface area contributed by atoms with Gasteiger partial charge in [0.25, 0.3) is 5.91 Å². The van der Waals surface area contributed by atoms with Gasteiger partial charge in [-0.3, -0.25) is 14.3 Å². The third-order valence-corrected chi connectivity index (χ3v) is 7.47. The van der Waals surface area contributed by atoms with E-state index in [1.54, 1.807) is 17.9 Å². The molecule has 1 amide bonds. The molecule has 0 saturated carbocycles. The second kappa shape index (κ2) is 9.50. The fourth-order valence-corrected chi connectivity index (χ4v) is 5.28. The van der Waals surface area contributed by atoms with E-state index in [1.165, 1.54) is 6.92 Å². The van der Waals surface area contributed by atoms with Gasteiger partial charge in [0, 0.05) is 30.9 Å². The largest absolute Gasteiger partial charge is 0.497 e. The molecule has 36 heavy (non-hydrogen) atoms. The summed E-state index contributed by atoms with van der Waals surface area (Å²) < 4.78 is 19.1. The lowest BCUT2D eigenvalue weighted by Crippen LogP contribution is -2.41. The van der Waals surface area contributed by atoms with Gasteiger partial charge in [-0.2, -0.15) is 5.10 Å². The summed E-state index contributed by atoms with van der Waals surface area (Å²) in [6.45, 7) is 6.27. The maximum atomic E-state index is 14.0. The monoisotopic (exact) mass is 554 g/mol. The number of hydrogen-bond donors (Lipinski definition) is 1. The topological polar surface area (TPSA) is 103 Å². The smallest absolute Gasteiger partial charge is 0.303 e. The summed E-state index contributed by atoms with van der Waals surface area (Å²) in [4.78, 5) is 30.7. The molecule has 1 N–H and O–H groups in total. The Balaban J connectivity index is 1.63. The molecule has 5 rings (SSSR count). The van der Waals surface area contributed by atoms with Crippen LogP contribution in [0.2, 0.25) is 0 Å². The highest BCUT2D eigenvalue weighted by atomic mass is 79.9. The van der Waals surface area contributed by atoms with Crippen molar-refractivity contribution < 1.29 is 23.5 Å². The number of esters is 1. The number of H-pyrrole nitrogens is 1. The van der Waals surface area contributed by atoms with Crippen LogP contribution in [0.25, 0.3) is 10.9 Å². The Kier molecular flexibility index (Phi) is 6.38. The molecule has 3 aromatic heterocycles. The third-order valence-electron chi connectivity index (χ3n) is 6.52. The summed E-state index contributed by atoms with van der Waals surface area (Å²) in [6.07, 6.45) is 0.669. The maximum absolute atomic E-state index is 14.0. The van der Waals surface area contributed by atoms with Crippen LogP contribution >= 0.6 is 15.9 Å². The summed E-state index contributed by atoms with van der Waals surface area (Å²) in [7, 11) is 1.65. The van der Waals surface area contributed by atoms with Crippen molar-refractivity contribution in [1.29, 1.82) is 0 Å². The van der Waals surface area contributed by atoms with E-state index < -0.39 is 6.04 Å². The van der Waals surface area contributed by atoms with Gasteiger partial charge in [0.2, 0.25) is 0 Å². The number of ether oxygens (including phenoxy) is 2. The van der Waals surface area contributed by atoms with E-state index in [9.17, 15) is 9.59 Å². The van der Waals surface area contributed by atoms with E-state index in [2.05, 4.69) is 26.0 Å². The number of rotatable bonds is 6. The molecule has 188 valence electrons.